The predicted molar refractivity (Wildman–Crippen MR) is 130 cm³/mol. The van der Waals surface area contributed by atoms with Crippen LogP contribution in [-0.4, -0.2) is 18.7 Å². The van der Waals surface area contributed by atoms with Crippen LogP contribution in [0.2, 0.25) is 0 Å². The molecule has 1 heterocycles. The topological polar surface area (TPSA) is 46.6 Å². The van der Waals surface area contributed by atoms with E-state index in [1.165, 1.54) is 0 Å². The van der Waals surface area contributed by atoms with Gasteiger partial charge in [-0.15, -0.1) is 0 Å². The summed E-state index contributed by atoms with van der Waals surface area (Å²) in [5, 5.41) is 1.85. The number of benzene rings is 4. The van der Waals surface area contributed by atoms with Gasteiger partial charge in [0.15, 0.2) is 11.6 Å². The maximum Gasteiger partial charge on any atom is 0.195 e. The van der Waals surface area contributed by atoms with Crippen LogP contribution in [0.25, 0.3) is 16.8 Å². The number of ether oxygens (including phenoxy) is 1. The Balaban J connectivity index is 1.55. The number of hydrogen-bond acceptors (Lipinski definition) is 4. The maximum atomic E-state index is 13.6. The molecular weight excluding hydrogens is 410 g/mol. The summed E-state index contributed by atoms with van der Waals surface area (Å²) >= 11 is 0. The van der Waals surface area contributed by atoms with Crippen molar-refractivity contribution in [1.29, 1.82) is 0 Å². The number of anilines is 1. The van der Waals surface area contributed by atoms with Crippen LogP contribution in [0.3, 0.4) is 0 Å². The first-order chi connectivity index (χ1) is 16.1. The molecule has 4 nitrogen and oxygen atoms in total. The van der Waals surface area contributed by atoms with Crippen LogP contribution in [0.5, 0.6) is 5.75 Å². The molecule has 0 saturated carbocycles. The minimum Gasteiger partial charge on any atom is -0.497 e. The summed E-state index contributed by atoms with van der Waals surface area (Å²) in [7, 11) is 1.66. The van der Waals surface area contributed by atoms with Gasteiger partial charge >= 0.3 is 0 Å². The largest absolute Gasteiger partial charge is 0.497 e. The van der Waals surface area contributed by atoms with Gasteiger partial charge in [-0.05, 0) is 53.3 Å². The van der Waals surface area contributed by atoms with Gasteiger partial charge in [-0.1, -0.05) is 48.5 Å². The van der Waals surface area contributed by atoms with E-state index >= 15 is 0 Å². The van der Waals surface area contributed by atoms with Gasteiger partial charge in [0.25, 0.3) is 0 Å². The van der Waals surface area contributed by atoms with Crippen LogP contribution in [0, 0.1) is 6.92 Å². The van der Waals surface area contributed by atoms with Gasteiger partial charge in [-0.3, -0.25) is 9.59 Å². The van der Waals surface area contributed by atoms with Crippen molar-refractivity contribution in [2.75, 3.05) is 12.0 Å². The zero-order chi connectivity index (χ0) is 22.7. The summed E-state index contributed by atoms with van der Waals surface area (Å²) in [6, 6.07) is 21.2. The highest BCUT2D eigenvalue weighted by atomic mass is 16.5. The van der Waals surface area contributed by atoms with Crippen molar-refractivity contribution in [2.24, 2.45) is 0 Å². The molecule has 1 aliphatic heterocycles. The van der Waals surface area contributed by atoms with Gasteiger partial charge in [0.05, 0.1) is 7.11 Å². The van der Waals surface area contributed by atoms with Crippen molar-refractivity contribution in [1.82, 2.24) is 0 Å². The van der Waals surface area contributed by atoms with Crippen molar-refractivity contribution in [2.45, 2.75) is 13.5 Å². The lowest BCUT2D eigenvalue weighted by molar-refractivity contribution is 0.0980. The molecule has 4 aromatic rings. The molecule has 4 heteroatoms. The number of fused-ring (bicyclic) bond motifs is 3. The molecule has 160 valence electrons. The second-order valence-corrected chi connectivity index (χ2v) is 8.48. The molecule has 33 heavy (non-hydrogen) atoms. The van der Waals surface area contributed by atoms with Gasteiger partial charge in [0, 0.05) is 46.1 Å². The van der Waals surface area contributed by atoms with Crippen molar-refractivity contribution in [3.63, 3.8) is 0 Å². The van der Waals surface area contributed by atoms with Crippen molar-refractivity contribution >= 4 is 34.1 Å². The summed E-state index contributed by atoms with van der Waals surface area (Å²) in [5.41, 5.74) is 6.08. The third-order valence-electron chi connectivity index (χ3n) is 6.72. The molecular formula is C29H21NO3. The molecule has 0 unspecified atom stereocenters. The highest BCUT2D eigenvalue weighted by Gasteiger charge is 2.34. The van der Waals surface area contributed by atoms with Crippen LogP contribution in [-0.2, 0) is 6.54 Å². The average Bonchev–Trinajstić information content (AvgIpc) is 2.86. The fourth-order valence-electron chi connectivity index (χ4n) is 5.10. The van der Waals surface area contributed by atoms with E-state index in [-0.39, 0.29) is 11.6 Å². The van der Waals surface area contributed by atoms with Crippen LogP contribution in [0.1, 0.15) is 48.5 Å². The summed E-state index contributed by atoms with van der Waals surface area (Å²) in [6.45, 7) is 2.64. The lowest BCUT2D eigenvalue weighted by Crippen LogP contribution is -2.24. The Morgan fingerprint density at radius 1 is 0.818 bits per heavy atom. The standard InChI is InChI=1S/C29H21NO3/c1-17-20-14-15-30(16-18-10-12-19(33-2)13-11-18)24-9-5-8-23(26(20)24)27-25(17)28(31)21-6-3-4-7-22(21)29(27)32/h3-15H,16H2,1-2H3. The molecule has 0 amide bonds. The van der Waals surface area contributed by atoms with Crippen LogP contribution >= 0.6 is 0 Å². The van der Waals surface area contributed by atoms with Gasteiger partial charge in [0.1, 0.15) is 5.75 Å². The van der Waals surface area contributed by atoms with E-state index < -0.39 is 0 Å². The number of nitrogens with zero attached hydrogens (tertiary/aromatic N) is 1. The SMILES string of the molecule is COc1ccc(CN2C=Cc3c(C)c4c(c5cccc2c35)C(=O)c2ccccc2C4=O)cc1. The second-order valence-electron chi connectivity index (χ2n) is 8.48. The average molecular weight is 431 g/mol. The van der Waals surface area contributed by atoms with E-state index in [0.29, 0.717) is 28.8 Å². The van der Waals surface area contributed by atoms with Crippen LogP contribution in [0.15, 0.2) is 72.9 Å². The third kappa shape index (κ3) is 2.77. The van der Waals surface area contributed by atoms with Gasteiger partial charge in [0.2, 0.25) is 0 Å². The fraction of sp³-hybridized carbons (Fsp3) is 0.103. The molecule has 0 fully saturated rings. The molecule has 0 radical (unpaired) electrons. The first kappa shape index (κ1) is 19.5. The van der Waals surface area contributed by atoms with E-state index in [9.17, 15) is 9.59 Å². The quantitative estimate of drug-likeness (QED) is 0.356. The smallest absolute Gasteiger partial charge is 0.195 e. The predicted octanol–water partition coefficient (Wildman–Crippen LogP) is 5.92. The number of carbonyl (C=O) groups is 2. The minimum atomic E-state index is -0.0803. The monoisotopic (exact) mass is 431 g/mol. The van der Waals surface area contributed by atoms with Crippen molar-refractivity contribution in [3.05, 3.63) is 112 Å². The number of methoxy groups -OCH3 is 1. The molecule has 0 aromatic heterocycles. The van der Waals surface area contributed by atoms with Crippen LogP contribution in [0.4, 0.5) is 5.69 Å². The van der Waals surface area contributed by atoms with Gasteiger partial charge in [-0.25, -0.2) is 0 Å². The summed E-state index contributed by atoms with van der Waals surface area (Å²) < 4.78 is 5.27. The number of hydrogen-bond donors (Lipinski definition) is 0. The van der Waals surface area contributed by atoms with Crippen molar-refractivity contribution < 1.29 is 14.3 Å². The molecule has 0 bridgehead atoms. The molecule has 2 aliphatic rings. The molecule has 0 atom stereocenters. The first-order valence-electron chi connectivity index (χ1n) is 10.9. The van der Waals surface area contributed by atoms with E-state index in [2.05, 4.69) is 35.4 Å². The minimum absolute atomic E-state index is 0.0738. The normalized spacial score (nSPS) is 13.8. The first-order valence-corrected chi connectivity index (χ1v) is 10.9. The Labute approximate surface area is 191 Å². The van der Waals surface area contributed by atoms with E-state index in [0.717, 1.165) is 38.9 Å². The molecule has 0 spiro atoms. The van der Waals surface area contributed by atoms with E-state index in [1.54, 1.807) is 19.2 Å². The van der Waals surface area contributed by atoms with E-state index in [1.807, 2.05) is 43.3 Å². The lowest BCUT2D eigenvalue weighted by atomic mass is 9.77. The van der Waals surface area contributed by atoms with E-state index in [4.69, 9.17) is 4.74 Å². The second kappa shape index (κ2) is 7.17. The Morgan fingerprint density at radius 2 is 1.52 bits per heavy atom. The number of ketones is 2. The Kier molecular flexibility index (Phi) is 4.24. The molecule has 0 N–H and O–H groups in total. The number of rotatable bonds is 3. The molecule has 6 rings (SSSR count). The van der Waals surface area contributed by atoms with Gasteiger partial charge in [-0.2, -0.15) is 0 Å². The third-order valence-corrected chi connectivity index (χ3v) is 6.72. The lowest BCUT2D eigenvalue weighted by Gasteiger charge is -2.30. The molecule has 0 saturated heterocycles. The highest BCUT2D eigenvalue weighted by molar-refractivity contribution is 6.34. The zero-order valence-electron chi connectivity index (χ0n) is 18.4. The highest BCUT2D eigenvalue weighted by Crippen LogP contribution is 2.43. The summed E-state index contributed by atoms with van der Waals surface area (Å²) in [4.78, 5) is 29.2. The van der Waals surface area contributed by atoms with Crippen molar-refractivity contribution in [3.8, 4) is 5.75 Å². The maximum absolute atomic E-state index is 13.6. The fourth-order valence-corrected chi connectivity index (χ4v) is 5.10. The molecule has 4 aromatic carbocycles. The Bertz CT molecular complexity index is 1510. The number of carbonyl (C=O) groups excluding carboxylic acids is 2. The zero-order valence-corrected chi connectivity index (χ0v) is 18.4. The summed E-state index contributed by atoms with van der Waals surface area (Å²) in [6.07, 6.45) is 4.12. The van der Waals surface area contributed by atoms with Crippen LogP contribution < -0.4 is 9.64 Å². The summed E-state index contributed by atoms with van der Waals surface area (Å²) in [5.74, 6) is 0.671. The van der Waals surface area contributed by atoms with Gasteiger partial charge < -0.3 is 9.64 Å². The Hall–Kier alpha value is -4.18. The Morgan fingerprint density at radius 3 is 2.21 bits per heavy atom. The molecule has 1 aliphatic carbocycles.